The van der Waals surface area contributed by atoms with E-state index in [2.05, 4.69) is 0 Å². The summed E-state index contributed by atoms with van der Waals surface area (Å²) in [7, 11) is -4.62. The summed E-state index contributed by atoms with van der Waals surface area (Å²) in [5, 5.41) is 10.5. The smallest absolute Gasteiger partial charge is 0.336 e. The Morgan fingerprint density at radius 1 is 0.963 bits per heavy atom. The second kappa shape index (κ2) is 9.15. The monoisotopic (exact) mass is 398 g/mol. The average Bonchev–Trinajstić information content (AvgIpc) is 2.68. The summed E-state index contributed by atoms with van der Waals surface area (Å²) in [6.45, 7) is 0. The van der Waals surface area contributed by atoms with E-state index in [1.165, 1.54) is 37.1 Å². The number of phosphoric ester groups is 1. The van der Waals surface area contributed by atoms with Crippen molar-refractivity contribution in [2.45, 2.75) is 76.3 Å². The Morgan fingerprint density at radius 2 is 1.44 bits per heavy atom. The molecule has 1 atom stereocenters. The van der Waals surface area contributed by atoms with Crippen molar-refractivity contribution in [2.75, 3.05) is 0 Å². The first-order valence-electron chi connectivity index (χ1n) is 9.69. The van der Waals surface area contributed by atoms with Gasteiger partial charge in [0.2, 0.25) is 0 Å². The highest BCUT2D eigenvalue weighted by molar-refractivity contribution is 7.46. The molecule has 27 heavy (non-hydrogen) atoms. The Balaban J connectivity index is 1.70. The summed E-state index contributed by atoms with van der Waals surface area (Å²) in [6.07, 6.45) is 10.4. The van der Waals surface area contributed by atoms with E-state index in [-0.39, 0.29) is 28.4 Å². The first-order chi connectivity index (χ1) is 12.9. The second-order valence-corrected chi connectivity index (χ2v) is 8.57. The van der Waals surface area contributed by atoms with Gasteiger partial charge in [0.25, 0.3) is 4.92 Å². The van der Waals surface area contributed by atoms with E-state index in [9.17, 15) is 14.4 Å². The number of rotatable bonds is 7. The lowest BCUT2D eigenvalue weighted by molar-refractivity contribution is -0.729. The molecule has 8 nitrogen and oxygen atoms in total. The fraction of sp³-hybridized carbons (Fsp3) is 0.667. The Bertz CT molecular complexity index is 653. The van der Waals surface area contributed by atoms with Crippen LogP contribution in [0.3, 0.4) is 0 Å². The maximum absolute atomic E-state index is 12.5. The highest BCUT2D eigenvalue weighted by atomic mass is 31.2. The Morgan fingerprint density at radius 3 is 1.89 bits per heavy atom. The van der Waals surface area contributed by atoms with Crippen LogP contribution in [0.1, 0.15) is 64.2 Å². The van der Waals surface area contributed by atoms with Crippen LogP contribution < -0.4 is 9.42 Å². The van der Waals surface area contributed by atoms with Gasteiger partial charge in [-0.3, -0.25) is 4.57 Å². The van der Waals surface area contributed by atoms with E-state index in [0.29, 0.717) is 0 Å². The lowest BCUT2D eigenvalue weighted by atomic mass is 9.90. The van der Waals surface area contributed by atoms with Crippen LogP contribution in [0.2, 0.25) is 0 Å². The zero-order valence-electron chi connectivity index (χ0n) is 15.4. The molecule has 0 saturated heterocycles. The Labute approximate surface area is 159 Å². The van der Waals surface area contributed by atoms with Gasteiger partial charge >= 0.3 is 13.5 Å². The molecule has 0 aromatic heterocycles. The van der Waals surface area contributed by atoms with Crippen LogP contribution in [0.25, 0.3) is 0 Å². The van der Waals surface area contributed by atoms with Crippen LogP contribution in [0.5, 0.6) is 5.75 Å². The Kier molecular flexibility index (Phi) is 6.87. The van der Waals surface area contributed by atoms with E-state index < -0.39 is 7.82 Å². The molecule has 150 valence electrons. The molecule has 0 aliphatic heterocycles. The van der Waals surface area contributed by atoms with E-state index in [1.807, 2.05) is 0 Å². The van der Waals surface area contributed by atoms with E-state index >= 15 is 0 Å². The van der Waals surface area contributed by atoms with Gasteiger partial charge in [-0.15, -0.1) is 0 Å². The van der Waals surface area contributed by atoms with Crippen LogP contribution in [0.4, 0.5) is 5.69 Å². The van der Waals surface area contributed by atoms with Crippen LogP contribution in [0, 0.1) is 4.91 Å². The predicted molar refractivity (Wildman–Crippen MR) is 96.4 cm³/mol. The highest BCUT2D eigenvalue weighted by Gasteiger charge is 2.33. The van der Waals surface area contributed by atoms with Gasteiger partial charge in [-0.2, -0.15) is 5.06 Å². The van der Waals surface area contributed by atoms with Gasteiger partial charge in [0.15, 0.2) is 0 Å². The van der Waals surface area contributed by atoms with Crippen molar-refractivity contribution in [1.82, 2.24) is 5.06 Å². The number of hydrogen-bond acceptors (Lipinski definition) is 6. The predicted octanol–water partition coefficient (Wildman–Crippen LogP) is 4.23. The molecule has 0 bridgehead atoms. The molecule has 1 aromatic rings. The molecular weight excluding hydrogens is 371 g/mol. The molecule has 0 amide bonds. The van der Waals surface area contributed by atoms with Crippen LogP contribution in [0.15, 0.2) is 24.3 Å². The van der Waals surface area contributed by atoms with Gasteiger partial charge in [-0.25, -0.2) is 9.83 Å². The van der Waals surface area contributed by atoms with Crippen molar-refractivity contribution in [1.29, 1.82) is 0 Å². The van der Waals surface area contributed by atoms with Gasteiger partial charge in [0.1, 0.15) is 5.75 Å². The van der Waals surface area contributed by atoms with Gasteiger partial charge in [-0.1, -0.05) is 38.5 Å². The molecule has 2 aliphatic rings. The highest BCUT2D eigenvalue weighted by Crippen LogP contribution is 2.44. The molecule has 1 N–H and O–H groups in total. The number of nitrogens with zero attached hydrogens (tertiary/aromatic N) is 2. The second-order valence-electron chi connectivity index (χ2n) is 7.33. The van der Waals surface area contributed by atoms with Gasteiger partial charge in [-0.05, 0) is 37.8 Å². The SMILES string of the molecule is O=[N+](O)c1ccc(OP(=O)([O-])ON(C2CCCCC2)C2CCCCC2)cc1. The third-order valence-corrected chi connectivity index (χ3v) is 6.16. The summed E-state index contributed by atoms with van der Waals surface area (Å²) < 4.78 is 23.1. The number of benzene rings is 1. The fourth-order valence-electron chi connectivity index (χ4n) is 4.00. The fourth-order valence-corrected chi connectivity index (χ4v) is 4.91. The maximum Gasteiger partial charge on any atom is 0.336 e. The molecule has 9 heteroatoms. The molecule has 1 aromatic carbocycles. The summed E-state index contributed by atoms with van der Waals surface area (Å²) in [4.78, 5) is 23.1. The van der Waals surface area contributed by atoms with Crippen molar-refractivity contribution in [2.24, 2.45) is 0 Å². The maximum atomic E-state index is 12.5. The van der Waals surface area contributed by atoms with Gasteiger partial charge in [0, 0.05) is 24.2 Å². The van der Waals surface area contributed by atoms with Crippen LogP contribution in [-0.4, -0.2) is 27.3 Å². The van der Waals surface area contributed by atoms with Gasteiger partial charge < -0.3 is 9.42 Å². The zero-order chi connectivity index (χ0) is 19.3. The minimum Gasteiger partial charge on any atom is -0.745 e. The third kappa shape index (κ3) is 5.75. The minimum atomic E-state index is -4.62. The molecule has 3 rings (SSSR count). The largest absolute Gasteiger partial charge is 0.745 e. The molecule has 1 unspecified atom stereocenters. The average molecular weight is 398 g/mol. The third-order valence-electron chi connectivity index (χ3n) is 5.34. The molecule has 2 aliphatic carbocycles. The first-order valence-corrected chi connectivity index (χ1v) is 11.2. The van der Waals surface area contributed by atoms with Crippen molar-refractivity contribution in [3.8, 4) is 5.75 Å². The van der Waals surface area contributed by atoms with E-state index in [0.717, 1.165) is 51.4 Å². The topological polar surface area (TPSA) is 102 Å². The number of phosphoric acid groups is 1. The van der Waals surface area contributed by atoms with E-state index in [1.54, 1.807) is 5.06 Å². The van der Waals surface area contributed by atoms with E-state index in [4.69, 9.17) is 14.4 Å². The molecule has 0 spiro atoms. The minimum absolute atomic E-state index is 0.0185. The van der Waals surface area contributed by atoms with Crippen molar-refractivity contribution >= 4 is 13.5 Å². The number of hydrogen-bond donors (Lipinski definition) is 1. The Hall–Kier alpha value is -1.47. The molecule has 2 fully saturated rings. The molecule has 0 heterocycles. The summed E-state index contributed by atoms with van der Waals surface area (Å²) in [6, 6.07) is 5.33. The normalized spacial score (nSPS) is 21.7. The van der Waals surface area contributed by atoms with Crippen molar-refractivity contribution < 1.29 is 28.7 Å². The summed E-state index contributed by atoms with van der Waals surface area (Å²) in [5.74, 6) is 0.0335. The first kappa shape index (κ1) is 20.3. The van der Waals surface area contributed by atoms with Gasteiger partial charge in [0.05, 0.1) is 4.91 Å². The van der Waals surface area contributed by atoms with Crippen molar-refractivity contribution in [3.05, 3.63) is 29.2 Å². The molecular formula is C18H27N2O6P. The molecule has 2 saturated carbocycles. The van der Waals surface area contributed by atoms with Crippen LogP contribution in [-0.2, 0) is 9.19 Å². The number of hydroxylamine groups is 2. The van der Waals surface area contributed by atoms with Crippen molar-refractivity contribution in [3.63, 3.8) is 0 Å². The lowest BCUT2D eigenvalue weighted by Crippen LogP contribution is -2.45. The quantitative estimate of drug-likeness (QED) is 0.541. The lowest BCUT2D eigenvalue weighted by Gasteiger charge is -2.42. The zero-order valence-corrected chi connectivity index (χ0v) is 16.3. The summed E-state index contributed by atoms with van der Waals surface area (Å²) in [5.41, 5.74) is -0.0185. The summed E-state index contributed by atoms with van der Waals surface area (Å²) >= 11 is 0. The molecule has 0 radical (unpaired) electrons. The van der Waals surface area contributed by atoms with Crippen LogP contribution >= 0.6 is 7.82 Å². The standard InChI is InChI=1S/C18H27N2O6P/c21-20(22)17-11-13-18(14-12-17)25-27(23,24)26-19(15-7-3-1-4-8-15)16-9-5-2-6-10-16/h11-16H,1-10H2,(H-,21,22,23,24).